The highest BCUT2D eigenvalue weighted by Gasteiger charge is 2.20. The Bertz CT molecular complexity index is 877. The van der Waals surface area contributed by atoms with E-state index in [2.05, 4.69) is 31.5 Å². The predicted molar refractivity (Wildman–Crippen MR) is 84.2 cm³/mol. The number of benzene rings is 2. The van der Waals surface area contributed by atoms with Crippen molar-refractivity contribution in [2.24, 2.45) is 0 Å². The Morgan fingerprint density at radius 3 is 2.36 bits per heavy atom. The van der Waals surface area contributed by atoms with Gasteiger partial charge in [-0.25, -0.2) is 8.42 Å². The molecule has 6 nitrogen and oxygen atoms in total. The van der Waals surface area contributed by atoms with Crippen LogP contribution in [0.2, 0.25) is 0 Å². The Morgan fingerprint density at radius 2 is 1.68 bits per heavy atom. The molecule has 0 N–H and O–H groups in total. The Morgan fingerprint density at radius 1 is 1.00 bits per heavy atom. The van der Waals surface area contributed by atoms with Crippen molar-refractivity contribution in [2.45, 2.75) is 10.6 Å². The van der Waals surface area contributed by atoms with Gasteiger partial charge in [-0.3, -0.25) is 0 Å². The van der Waals surface area contributed by atoms with Gasteiger partial charge < -0.3 is 0 Å². The molecule has 0 unspecified atom stereocenters. The third-order valence-corrected chi connectivity index (χ3v) is 5.18. The maximum Gasteiger partial charge on any atom is 0.185 e. The van der Waals surface area contributed by atoms with Gasteiger partial charge in [0, 0.05) is 4.47 Å². The third-order valence-electron chi connectivity index (χ3n) is 3.03. The number of rotatable bonds is 4. The lowest BCUT2D eigenvalue weighted by atomic mass is 10.3. The molecule has 0 amide bonds. The van der Waals surface area contributed by atoms with Gasteiger partial charge in [-0.15, -0.1) is 5.10 Å². The minimum atomic E-state index is -3.49. The fourth-order valence-corrected chi connectivity index (χ4v) is 3.48. The molecule has 0 fully saturated rings. The summed E-state index contributed by atoms with van der Waals surface area (Å²) in [6, 6.07) is 15.5. The van der Waals surface area contributed by atoms with Crippen LogP contribution in [-0.2, 0) is 15.6 Å². The molecule has 3 aromatic rings. The molecule has 1 aromatic heterocycles. The highest BCUT2D eigenvalue weighted by molar-refractivity contribution is 9.10. The summed E-state index contributed by atoms with van der Waals surface area (Å²) < 4.78 is 27.2. The summed E-state index contributed by atoms with van der Waals surface area (Å²) in [5.41, 5.74) is 0.700. The summed E-state index contributed by atoms with van der Waals surface area (Å²) in [5.74, 6) is 0.00579. The Kier molecular flexibility index (Phi) is 4.04. The summed E-state index contributed by atoms with van der Waals surface area (Å²) in [6.07, 6.45) is 0. The summed E-state index contributed by atoms with van der Waals surface area (Å²) in [7, 11) is -3.49. The molecule has 0 aliphatic carbocycles. The average Bonchev–Trinajstić information content (AvgIpc) is 2.96. The minimum absolute atomic E-state index is 0.250. The average molecular weight is 379 g/mol. The van der Waals surface area contributed by atoms with Gasteiger partial charge >= 0.3 is 0 Å². The van der Waals surface area contributed by atoms with Crippen LogP contribution < -0.4 is 0 Å². The van der Waals surface area contributed by atoms with Crippen molar-refractivity contribution >= 4 is 25.8 Å². The molecule has 0 saturated heterocycles. The van der Waals surface area contributed by atoms with E-state index in [-0.39, 0.29) is 16.5 Å². The molecular weight excluding hydrogens is 368 g/mol. The lowest BCUT2D eigenvalue weighted by molar-refractivity contribution is 0.592. The predicted octanol–water partition coefficient (Wildman–Crippen LogP) is 2.40. The molecule has 1 heterocycles. The van der Waals surface area contributed by atoms with Crippen LogP contribution in [0.15, 0.2) is 64.0 Å². The van der Waals surface area contributed by atoms with Crippen LogP contribution in [0, 0.1) is 0 Å². The largest absolute Gasteiger partial charge is 0.223 e. The number of hydrogen-bond acceptors (Lipinski definition) is 5. The standard InChI is InChI=1S/C14H11BrN4O2S/c15-11-6-8-12(9-7-11)19-14(16-17-18-19)10-22(20,21)13-4-2-1-3-5-13/h1-9H,10H2. The first-order valence-corrected chi connectivity index (χ1v) is 8.82. The molecule has 112 valence electrons. The van der Waals surface area contributed by atoms with Gasteiger partial charge in [0.2, 0.25) is 0 Å². The second kappa shape index (κ2) is 5.98. The highest BCUT2D eigenvalue weighted by Crippen LogP contribution is 2.18. The molecule has 0 aliphatic heterocycles. The Balaban J connectivity index is 1.95. The second-order valence-electron chi connectivity index (χ2n) is 4.56. The molecule has 0 saturated carbocycles. The number of nitrogens with zero attached hydrogens (tertiary/aromatic N) is 4. The van der Waals surface area contributed by atoms with E-state index in [1.807, 2.05) is 12.1 Å². The molecule has 0 spiro atoms. The van der Waals surface area contributed by atoms with Crippen LogP contribution >= 0.6 is 15.9 Å². The van der Waals surface area contributed by atoms with E-state index in [1.165, 1.54) is 4.68 Å². The zero-order chi connectivity index (χ0) is 15.6. The number of halogens is 1. The number of tetrazole rings is 1. The number of sulfone groups is 1. The smallest absolute Gasteiger partial charge is 0.185 e. The summed E-state index contributed by atoms with van der Waals surface area (Å²) in [6.45, 7) is 0. The summed E-state index contributed by atoms with van der Waals surface area (Å²) in [4.78, 5) is 0.250. The first-order valence-electron chi connectivity index (χ1n) is 6.37. The van der Waals surface area contributed by atoms with Gasteiger partial charge in [0.05, 0.1) is 10.6 Å². The highest BCUT2D eigenvalue weighted by atomic mass is 79.9. The first-order chi connectivity index (χ1) is 10.6. The van der Waals surface area contributed by atoms with Crippen molar-refractivity contribution in [2.75, 3.05) is 0 Å². The van der Waals surface area contributed by atoms with Crippen LogP contribution in [0.25, 0.3) is 5.69 Å². The van der Waals surface area contributed by atoms with Crippen LogP contribution in [0.1, 0.15) is 5.82 Å². The van der Waals surface area contributed by atoms with Crippen LogP contribution in [0.3, 0.4) is 0 Å². The number of hydrogen-bond donors (Lipinski definition) is 0. The molecule has 2 aromatic carbocycles. The third kappa shape index (κ3) is 3.07. The van der Waals surface area contributed by atoms with E-state index in [4.69, 9.17) is 0 Å². The van der Waals surface area contributed by atoms with Crippen LogP contribution in [0.4, 0.5) is 0 Å². The maximum atomic E-state index is 12.4. The van der Waals surface area contributed by atoms with E-state index in [1.54, 1.807) is 42.5 Å². The molecule has 0 bridgehead atoms. The van der Waals surface area contributed by atoms with E-state index in [9.17, 15) is 8.42 Å². The molecule has 3 rings (SSSR count). The van der Waals surface area contributed by atoms with Crippen molar-refractivity contribution in [3.05, 3.63) is 64.9 Å². The fraction of sp³-hybridized carbons (Fsp3) is 0.0714. The molecule has 0 atom stereocenters. The number of aromatic nitrogens is 4. The normalized spacial score (nSPS) is 11.5. The van der Waals surface area contributed by atoms with Crippen molar-refractivity contribution in [3.8, 4) is 5.69 Å². The molecule has 0 radical (unpaired) electrons. The van der Waals surface area contributed by atoms with Gasteiger partial charge in [0.1, 0.15) is 5.75 Å². The van der Waals surface area contributed by atoms with Gasteiger partial charge in [-0.1, -0.05) is 34.1 Å². The van der Waals surface area contributed by atoms with Crippen molar-refractivity contribution in [1.82, 2.24) is 20.2 Å². The van der Waals surface area contributed by atoms with E-state index < -0.39 is 9.84 Å². The maximum absolute atomic E-state index is 12.4. The molecule has 0 aliphatic rings. The second-order valence-corrected chi connectivity index (χ2v) is 7.46. The van der Waals surface area contributed by atoms with Crippen LogP contribution in [-0.4, -0.2) is 28.6 Å². The molecular formula is C14H11BrN4O2S. The Labute approximate surface area is 135 Å². The van der Waals surface area contributed by atoms with Gasteiger partial charge in [-0.2, -0.15) is 4.68 Å². The lowest BCUT2D eigenvalue weighted by Crippen LogP contribution is -2.11. The van der Waals surface area contributed by atoms with Crippen molar-refractivity contribution in [1.29, 1.82) is 0 Å². The minimum Gasteiger partial charge on any atom is -0.223 e. The van der Waals surface area contributed by atoms with Gasteiger partial charge in [0.25, 0.3) is 0 Å². The molecule has 22 heavy (non-hydrogen) atoms. The lowest BCUT2D eigenvalue weighted by Gasteiger charge is -2.06. The summed E-state index contributed by atoms with van der Waals surface area (Å²) in [5, 5.41) is 11.3. The molecule has 8 heteroatoms. The van der Waals surface area contributed by atoms with Gasteiger partial charge in [0.15, 0.2) is 15.7 Å². The van der Waals surface area contributed by atoms with Crippen LogP contribution in [0.5, 0.6) is 0 Å². The topological polar surface area (TPSA) is 77.7 Å². The van der Waals surface area contributed by atoms with E-state index in [0.29, 0.717) is 5.69 Å². The zero-order valence-electron chi connectivity index (χ0n) is 11.3. The van der Waals surface area contributed by atoms with Crippen molar-refractivity contribution in [3.63, 3.8) is 0 Å². The van der Waals surface area contributed by atoms with E-state index >= 15 is 0 Å². The summed E-state index contributed by atoms with van der Waals surface area (Å²) >= 11 is 3.35. The van der Waals surface area contributed by atoms with Crippen molar-refractivity contribution < 1.29 is 8.42 Å². The van der Waals surface area contributed by atoms with E-state index in [0.717, 1.165) is 4.47 Å². The first kappa shape index (κ1) is 14.9. The zero-order valence-corrected chi connectivity index (χ0v) is 13.7. The van der Waals surface area contributed by atoms with Gasteiger partial charge in [-0.05, 0) is 46.8 Å². The fourth-order valence-electron chi connectivity index (χ4n) is 1.96. The quantitative estimate of drug-likeness (QED) is 0.696. The Hall–Kier alpha value is -2.06. The monoisotopic (exact) mass is 378 g/mol. The SMILES string of the molecule is O=S(=O)(Cc1nnnn1-c1ccc(Br)cc1)c1ccccc1.